The summed E-state index contributed by atoms with van der Waals surface area (Å²) >= 11 is 0. The minimum Gasteiger partial charge on any atom is -0.318 e. The molecular formula is C3H8F2N2. The zero-order valence-corrected chi connectivity index (χ0v) is 3.82. The highest BCUT2D eigenvalue weighted by Gasteiger charge is 1.96. The fourth-order valence-corrected chi connectivity index (χ4v) is 0.192. The highest BCUT2D eigenvalue weighted by Crippen LogP contribution is 1.85. The van der Waals surface area contributed by atoms with Crippen LogP contribution in [0.15, 0.2) is 0 Å². The van der Waals surface area contributed by atoms with Crippen molar-refractivity contribution in [3.63, 3.8) is 0 Å². The van der Waals surface area contributed by atoms with E-state index in [1.165, 1.54) is 0 Å². The van der Waals surface area contributed by atoms with Gasteiger partial charge in [0.1, 0.15) is 0 Å². The van der Waals surface area contributed by atoms with Crippen LogP contribution in [-0.4, -0.2) is 19.6 Å². The molecule has 0 unspecified atom stereocenters. The summed E-state index contributed by atoms with van der Waals surface area (Å²) in [7, 11) is 0. The summed E-state index contributed by atoms with van der Waals surface area (Å²) < 4.78 is 22.2. The Balaban J connectivity index is 2.68. The van der Waals surface area contributed by atoms with Gasteiger partial charge >= 0.3 is 0 Å². The minimum absolute atomic E-state index is 0.115. The summed E-state index contributed by atoms with van der Waals surface area (Å²) in [5.74, 6) is 0. The first-order valence-electron chi connectivity index (χ1n) is 1.96. The van der Waals surface area contributed by atoms with Crippen molar-refractivity contribution in [3.05, 3.63) is 0 Å². The Morgan fingerprint density at radius 2 is 2.14 bits per heavy atom. The lowest BCUT2D eigenvalue weighted by Gasteiger charge is -1.95. The van der Waals surface area contributed by atoms with Crippen LogP contribution in [0, 0.1) is 0 Å². The Hall–Kier alpha value is -0.220. The Bertz CT molecular complexity index is 39.9. The smallest absolute Gasteiger partial charge is 0.250 e. The molecule has 2 nitrogen and oxygen atoms in total. The molecule has 0 aromatic carbocycles. The molecule has 0 saturated heterocycles. The van der Waals surface area contributed by atoms with Crippen molar-refractivity contribution in [2.24, 2.45) is 5.73 Å². The van der Waals surface area contributed by atoms with E-state index in [9.17, 15) is 8.78 Å². The molecule has 44 valence electrons. The molecule has 0 bridgehead atoms. The van der Waals surface area contributed by atoms with Crippen LogP contribution in [0.2, 0.25) is 0 Å². The lowest BCUT2D eigenvalue weighted by atomic mass is 10.7. The normalized spacial score (nSPS) is 10.3. The highest BCUT2D eigenvalue weighted by molar-refractivity contribution is 4.41. The third kappa shape index (κ3) is 5.78. The van der Waals surface area contributed by atoms with E-state index in [1.54, 1.807) is 0 Å². The number of rotatable bonds is 3. The zero-order valence-electron chi connectivity index (χ0n) is 3.82. The van der Waals surface area contributed by atoms with Crippen LogP contribution in [0.4, 0.5) is 8.78 Å². The number of halogens is 2. The standard InChI is InChI=1S/C3H8F2N2/c4-3(5)1-7-2-6/h3,7H,1-2,6H2. The highest BCUT2D eigenvalue weighted by atomic mass is 19.3. The van der Waals surface area contributed by atoms with E-state index in [4.69, 9.17) is 5.73 Å². The van der Waals surface area contributed by atoms with E-state index in [2.05, 4.69) is 5.32 Å². The number of alkyl halides is 2. The van der Waals surface area contributed by atoms with Gasteiger partial charge in [-0.1, -0.05) is 0 Å². The molecule has 0 heterocycles. The van der Waals surface area contributed by atoms with Crippen molar-refractivity contribution in [3.8, 4) is 0 Å². The Morgan fingerprint density at radius 1 is 1.57 bits per heavy atom. The molecule has 0 aliphatic heterocycles. The summed E-state index contributed by atoms with van der Waals surface area (Å²) in [6.07, 6.45) is -2.29. The lowest BCUT2D eigenvalue weighted by molar-refractivity contribution is 0.146. The maximum Gasteiger partial charge on any atom is 0.250 e. The lowest BCUT2D eigenvalue weighted by Crippen LogP contribution is -2.27. The van der Waals surface area contributed by atoms with Crippen molar-refractivity contribution in [2.45, 2.75) is 6.43 Å². The van der Waals surface area contributed by atoms with Gasteiger partial charge in [0.25, 0.3) is 6.43 Å². The molecule has 0 radical (unpaired) electrons. The predicted molar refractivity (Wildman–Crippen MR) is 23.1 cm³/mol. The van der Waals surface area contributed by atoms with Crippen LogP contribution >= 0.6 is 0 Å². The molecule has 0 aromatic heterocycles. The molecule has 7 heavy (non-hydrogen) atoms. The average molecular weight is 110 g/mol. The van der Waals surface area contributed by atoms with Crippen LogP contribution in [0.5, 0.6) is 0 Å². The van der Waals surface area contributed by atoms with Gasteiger partial charge in [0.2, 0.25) is 0 Å². The number of nitrogens with two attached hydrogens (primary N) is 1. The van der Waals surface area contributed by atoms with Gasteiger partial charge in [-0.05, 0) is 0 Å². The van der Waals surface area contributed by atoms with E-state index < -0.39 is 6.43 Å². The predicted octanol–water partition coefficient (Wildman–Crippen LogP) is -0.243. The van der Waals surface area contributed by atoms with Crippen LogP contribution in [0.1, 0.15) is 0 Å². The SMILES string of the molecule is NCNCC(F)F. The summed E-state index contributed by atoms with van der Waals surface area (Å²) in [5.41, 5.74) is 4.83. The second kappa shape index (κ2) is 3.95. The van der Waals surface area contributed by atoms with E-state index >= 15 is 0 Å². The van der Waals surface area contributed by atoms with Gasteiger partial charge in [0.05, 0.1) is 6.54 Å². The molecule has 0 aromatic rings. The third-order valence-corrected chi connectivity index (χ3v) is 0.443. The maximum absolute atomic E-state index is 11.1. The fourth-order valence-electron chi connectivity index (χ4n) is 0.192. The first kappa shape index (κ1) is 6.78. The number of nitrogens with one attached hydrogen (secondary N) is 1. The first-order valence-corrected chi connectivity index (χ1v) is 1.96. The molecule has 0 fully saturated rings. The van der Waals surface area contributed by atoms with Gasteiger partial charge in [-0.25, -0.2) is 8.78 Å². The van der Waals surface area contributed by atoms with Gasteiger partial charge in [-0.3, -0.25) is 5.32 Å². The van der Waals surface area contributed by atoms with Crippen LogP contribution in [0.3, 0.4) is 0 Å². The van der Waals surface area contributed by atoms with Gasteiger partial charge < -0.3 is 5.73 Å². The molecule has 4 heteroatoms. The molecule has 0 aliphatic carbocycles. The summed E-state index contributed by atoms with van der Waals surface area (Å²) in [5, 5.41) is 2.28. The topological polar surface area (TPSA) is 38.0 Å². The van der Waals surface area contributed by atoms with E-state index in [1.807, 2.05) is 0 Å². The first-order chi connectivity index (χ1) is 3.27. The van der Waals surface area contributed by atoms with Crippen molar-refractivity contribution in [1.82, 2.24) is 5.32 Å². The van der Waals surface area contributed by atoms with Crippen molar-refractivity contribution in [2.75, 3.05) is 13.2 Å². The quantitative estimate of drug-likeness (QED) is 0.492. The molecule has 0 spiro atoms. The molecule has 0 saturated carbocycles. The Labute approximate surface area is 40.7 Å². The monoisotopic (exact) mass is 110 g/mol. The number of hydrogen-bond donors (Lipinski definition) is 2. The molecule has 0 atom stereocenters. The van der Waals surface area contributed by atoms with Gasteiger partial charge in [0.15, 0.2) is 0 Å². The largest absolute Gasteiger partial charge is 0.318 e. The molecular weight excluding hydrogens is 102 g/mol. The van der Waals surface area contributed by atoms with E-state index in [0.29, 0.717) is 0 Å². The molecule has 3 N–H and O–H groups in total. The Kier molecular flexibility index (Phi) is 3.83. The average Bonchev–Trinajstić information content (AvgIpc) is 1.61. The van der Waals surface area contributed by atoms with Gasteiger partial charge in [0, 0.05) is 6.67 Å². The van der Waals surface area contributed by atoms with Crippen LogP contribution < -0.4 is 11.1 Å². The number of hydrogen-bond acceptors (Lipinski definition) is 2. The molecule has 0 rings (SSSR count). The summed E-state index contributed by atoms with van der Waals surface area (Å²) in [6.45, 7) is -0.194. The fraction of sp³-hybridized carbons (Fsp3) is 1.00. The third-order valence-electron chi connectivity index (χ3n) is 0.443. The van der Waals surface area contributed by atoms with E-state index in [0.717, 1.165) is 0 Å². The van der Waals surface area contributed by atoms with Crippen LogP contribution in [0.25, 0.3) is 0 Å². The second-order valence-corrected chi connectivity index (χ2v) is 1.05. The van der Waals surface area contributed by atoms with Gasteiger partial charge in [-0.15, -0.1) is 0 Å². The van der Waals surface area contributed by atoms with Crippen molar-refractivity contribution in [1.29, 1.82) is 0 Å². The van der Waals surface area contributed by atoms with Crippen molar-refractivity contribution < 1.29 is 8.78 Å². The minimum atomic E-state index is -2.29. The zero-order chi connectivity index (χ0) is 5.70. The van der Waals surface area contributed by atoms with Crippen LogP contribution in [-0.2, 0) is 0 Å². The summed E-state index contributed by atoms with van der Waals surface area (Å²) in [4.78, 5) is 0. The Morgan fingerprint density at radius 3 is 2.29 bits per heavy atom. The van der Waals surface area contributed by atoms with Gasteiger partial charge in [-0.2, -0.15) is 0 Å². The molecule has 0 amide bonds. The maximum atomic E-state index is 11.1. The summed E-state index contributed by atoms with van der Waals surface area (Å²) in [6, 6.07) is 0. The van der Waals surface area contributed by atoms with E-state index in [-0.39, 0.29) is 13.2 Å². The second-order valence-electron chi connectivity index (χ2n) is 1.05. The molecule has 0 aliphatic rings. The van der Waals surface area contributed by atoms with Crippen molar-refractivity contribution >= 4 is 0 Å².